The molecule has 0 saturated heterocycles. The Labute approximate surface area is 124 Å². The smallest absolute Gasteiger partial charge is 0.185 e. The molecular formula is C16H19N5. The summed E-state index contributed by atoms with van der Waals surface area (Å²) in [6.45, 7) is 0.709. The van der Waals surface area contributed by atoms with Gasteiger partial charge in [0.2, 0.25) is 0 Å². The first kappa shape index (κ1) is 13.5. The number of hydrogen-bond acceptors (Lipinski definition) is 3. The second-order valence-electron chi connectivity index (χ2n) is 5.44. The van der Waals surface area contributed by atoms with Crippen molar-refractivity contribution in [3.05, 3.63) is 48.0 Å². The lowest BCUT2D eigenvalue weighted by molar-refractivity contribution is 0.470. The summed E-state index contributed by atoms with van der Waals surface area (Å²) in [7, 11) is 0. The number of rotatable bonds is 3. The van der Waals surface area contributed by atoms with Crippen LogP contribution >= 0.6 is 0 Å². The normalized spacial score (nSPS) is 17.0. The fraction of sp³-hybridized carbons (Fsp3) is 0.312. The minimum absolute atomic E-state index is 0.177. The molecule has 5 nitrogen and oxygen atoms in total. The minimum atomic E-state index is 0.177. The van der Waals surface area contributed by atoms with Crippen LogP contribution in [0.5, 0.6) is 0 Å². The van der Waals surface area contributed by atoms with Gasteiger partial charge in [0.25, 0.3) is 0 Å². The van der Waals surface area contributed by atoms with Gasteiger partial charge in [0.1, 0.15) is 6.33 Å². The summed E-state index contributed by atoms with van der Waals surface area (Å²) in [5.74, 6) is 0.692. The van der Waals surface area contributed by atoms with Gasteiger partial charge in [0, 0.05) is 24.5 Å². The molecule has 0 fully saturated rings. The van der Waals surface area contributed by atoms with Crippen LogP contribution in [0.15, 0.2) is 41.9 Å². The van der Waals surface area contributed by atoms with E-state index in [1.807, 2.05) is 12.4 Å². The Morgan fingerprint density at radius 3 is 2.81 bits per heavy atom. The number of nitrogens with two attached hydrogens (primary N) is 2. The summed E-state index contributed by atoms with van der Waals surface area (Å²) in [4.78, 5) is 12.4. The van der Waals surface area contributed by atoms with Crippen molar-refractivity contribution in [2.45, 2.75) is 19.3 Å². The highest BCUT2D eigenvalue weighted by molar-refractivity contribution is 5.75. The molecule has 0 amide bonds. The third-order valence-electron chi connectivity index (χ3n) is 3.99. The van der Waals surface area contributed by atoms with Gasteiger partial charge in [0.15, 0.2) is 5.96 Å². The Hall–Kier alpha value is -2.43. The van der Waals surface area contributed by atoms with E-state index < -0.39 is 0 Å². The second kappa shape index (κ2) is 5.91. The first-order valence-electron chi connectivity index (χ1n) is 7.15. The molecule has 4 N–H and O–H groups in total. The van der Waals surface area contributed by atoms with Crippen molar-refractivity contribution < 1.29 is 0 Å². The SMILES string of the molecule is NC(N)=NCC1CCc2c(cccc2-c2cncnc2)C1. The molecule has 0 radical (unpaired) electrons. The molecule has 1 unspecified atom stereocenters. The van der Waals surface area contributed by atoms with E-state index in [1.54, 1.807) is 6.33 Å². The third kappa shape index (κ3) is 3.02. The van der Waals surface area contributed by atoms with E-state index in [9.17, 15) is 0 Å². The third-order valence-corrected chi connectivity index (χ3v) is 3.99. The molecule has 1 heterocycles. The molecule has 1 atom stereocenters. The summed E-state index contributed by atoms with van der Waals surface area (Å²) < 4.78 is 0. The maximum absolute atomic E-state index is 5.42. The summed E-state index contributed by atoms with van der Waals surface area (Å²) in [6.07, 6.45) is 8.47. The molecule has 21 heavy (non-hydrogen) atoms. The van der Waals surface area contributed by atoms with Gasteiger partial charge in [-0.2, -0.15) is 0 Å². The van der Waals surface area contributed by atoms with Gasteiger partial charge in [-0.25, -0.2) is 9.97 Å². The maximum Gasteiger partial charge on any atom is 0.185 e. The molecule has 1 aromatic heterocycles. The number of benzene rings is 1. The zero-order valence-electron chi connectivity index (χ0n) is 11.9. The highest BCUT2D eigenvalue weighted by atomic mass is 15.0. The molecule has 2 aromatic rings. The van der Waals surface area contributed by atoms with Crippen molar-refractivity contribution in [1.82, 2.24) is 9.97 Å². The van der Waals surface area contributed by atoms with Crippen molar-refractivity contribution in [1.29, 1.82) is 0 Å². The Kier molecular flexibility index (Phi) is 3.81. The van der Waals surface area contributed by atoms with Gasteiger partial charge in [-0.05, 0) is 41.9 Å². The first-order chi connectivity index (χ1) is 10.2. The van der Waals surface area contributed by atoms with Crippen LogP contribution in [-0.2, 0) is 12.8 Å². The van der Waals surface area contributed by atoms with Gasteiger partial charge in [-0.15, -0.1) is 0 Å². The quantitative estimate of drug-likeness (QED) is 0.659. The summed E-state index contributed by atoms with van der Waals surface area (Å²) in [5.41, 5.74) is 16.0. The number of guanidine groups is 1. The second-order valence-corrected chi connectivity index (χ2v) is 5.44. The minimum Gasteiger partial charge on any atom is -0.370 e. The van der Waals surface area contributed by atoms with Crippen molar-refractivity contribution >= 4 is 5.96 Å². The van der Waals surface area contributed by atoms with Crippen LogP contribution in [0.1, 0.15) is 17.5 Å². The molecule has 5 heteroatoms. The molecule has 1 aliphatic rings. The highest BCUT2D eigenvalue weighted by Crippen LogP contribution is 2.33. The highest BCUT2D eigenvalue weighted by Gasteiger charge is 2.21. The molecule has 0 aliphatic heterocycles. The molecule has 0 spiro atoms. The zero-order chi connectivity index (χ0) is 14.7. The van der Waals surface area contributed by atoms with Gasteiger partial charge < -0.3 is 11.5 Å². The average molecular weight is 281 g/mol. The lowest BCUT2D eigenvalue weighted by atomic mass is 9.81. The Bertz CT molecular complexity index is 647. The summed E-state index contributed by atoms with van der Waals surface area (Å²) in [5, 5.41) is 0. The Morgan fingerprint density at radius 2 is 2.05 bits per heavy atom. The largest absolute Gasteiger partial charge is 0.370 e. The van der Waals surface area contributed by atoms with Gasteiger partial charge >= 0.3 is 0 Å². The molecule has 1 aromatic carbocycles. The van der Waals surface area contributed by atoms with Crippen LogP contribution in [0, 0.1) is 5.92 Å². The summed E-state index contributed by atoms with van der Waals surface area (Å²) >= 11 is 0. The average Bonchev–Trinajstić information content (AvgIpc) is 2.53. The molecule has 3 rings (SSSR count). The van der Waals surface area contributed by atoms with Crippen molar-refractivity contribution in [2.24, 2.45) is 22.4 Å². The number of fused-ring (bicyclic) bond motifs is 1. The standard InChI is InChI=1S/C16H19N5/c17-16(18)21-7-11-4-5-15-12(6-11)2-1-3-14(15)13-8-19-10-20-9-13/h1-3,8-11H,4-7H2,(H4,17,18,21). The molecular weight excluding hydrogens is 262 g/mol. The van der Waals surface area contributed by atoms with Crippen LogP contribution in [-0.4, -0.2) is 22.5 Å². The van der Waals surface area contributed by atoms with Gasteiger partial charge in [0.05, 0.1) is 0 Å². The number of hydrogen-bond donors (Lipinski definition) is 2. The van der Waals surface area contributed by atoms with Crippen molar-refractivity contribution in [3.63, 3.8) is 0 Å². The number of nitrogens with zero attached hydrogens (tertiary/aromatic N) is 3. The lowest BCUT2D eigenvalue weighted by Crippen LogP contribution is -2.25. The number of aromatic nitrogens is 2. The Morgan fingerprint density at radius 1 is 1.24 bits per heavy atom. The van der Waals surface area contributed by atoms with Crippen LogP contribution < -0.4 is 11.5 Å². The van der Waals surface area contributed by atoms with E-state index in [4.69, 9.17) is 11.5 Å². The lowest BCUT2D eigenvalue weighted by Gasteiger charge is -2.25. The van der Waals surface area contributed by atoms with E-state index in [2.05, 4.69) is 33.2 Å². The molecule has 0 bridgehead atoms. The fourth-order valence-electron chi connectivity index (χ4n) is 2.98. The predicted molar refractivity (Wildman–Crippen MR) is 83.7 cm³/mol. The van der Waals surface area contributed by atoms with E-state index in [0.717, 1.165) is 24.8 Å². The van der Waals surface area contributed by atoms with Crippen molar-refractivity contribution in [3.8, 4) is 11.1 Å². The van der Waals surface area contributed by atoms with E-state index in [0.29, 0.717) is 12.5 Å². The predicted octanol–water partition coefficient (Wildman–Crippen LogP) is 1.52. The van der Waals surface area contributed by atoms with Gasteiger partial charge in [-0.3, -0.25) is 4.99 Å². The topological polar surface area (TPSA) is 90.2 Å². The first-order valence-corrected chi connectivity index (χ1v) is 7.15. The van der Waals surface area contributed by atoms with Crippen LogP contribution in [0.25, 0.3) is 11.1 Å². The maximum atomic E-state index is 5.42. The molecule has 108 valence electrons. The van der Waals surface area contributed by atoms with E-state index in [1.165, 1.54) is 16.7 Å². The zero-order valence-corrected chi connectivity index (χ0v) is 11.9. The van der Waals surface area contributed by atoms with E-state index >= 15 is 0 Å². The van der Waals surface area contributed by atoms with Crippen LogP contribution in [0.4, 0.5) is 0 Å². The van der Waals surface area contributed by atoms with E-state index in [-0.39, 0.29) is 5.96 Å². The molecule has 1 aliphatic carbocycles. The monoisotopic (exact) mass is 281 g/mol. The van der Waals surface area contributed by atoms with Gasteiger partial charge in [-0.1, -0.05) is 18.2 Å². The number of aliphatic imine (C=N–C) groups is 1. The van der Waals surface area contributed by atoms with Crippen LogP contribution in [0.3, 0.4) is 0 Å². The fourth-order valence-corrected chi connectivity index (χ4v) is 2.98. The summed E-state index contributed by atoms with van der Waals surface area (Å²) in [6, 6.07) is 6.45. The molecule has 0 saturated carbocycles. The van der Waals surface area contributed by atoms with Crippen LogP contribution in [0.2, 0.25) is 0 Å². The Balaban J connectivity index is 1.87. The van der Waals surface area contributed by atoms with Crippen molar-refractivity contribution in [2.75, 3.05) is 6.54 Å².